The highest BCUT2D eigenvalue weighted by molar-refractivity contribution is 5.98. The molecular formula is C19H23ClN2O2. The third-order valence-electron chi connectivity index (χ3n) is 3.60. The second kappa shape index (κ2) is 10.6. The highest BCUT2D eigenvalue weighted by Crippen LogP contribution is 2.19. The van der Waals surface area contributed by atoms with Gasteiger partial charge in [-0.3, -0.25) is 9.59 Å². The maximum atomic E-state index is 12.1. The van der Waals surface area contributed by atoms with E-state index in [1.807, 2.05) is 54.6 Å². The number of amides is 1. The van der Waals surface area contributed by atoms with Gasteiger partial charge in [0.2, 0.25) is 5.91 Å². The largest absolute Gasteiger partial charge is 0.356 e. The van der Waals surface area contributed by atoms with E-state index in [1.54, 1.807) is 0 Å². The van der Waals surface area contributed by atoms with Gasteiger partial charge < -0.3 is 11.1 Å². The molecule has 0 saturated carbocycles. The molecule has 1 amide bonds. The molecule has 0 radical (unpaired) electrons. The van der Waals surface area contributed by atoms with Crippen LogP contribution in [0.15, 0.2) is 54.6 Å². The predicted molar refractivity (Wildman–Crippen MR) is 99.4 cm³/mol. The van der Waals surface area contributed by atoms with Crippen LogP contribution in [0.3, 0.4) is 0 Å². The lowest BCUT2D eigenvalue weighted by molar-refractivity contribution is -0.121. The molecular weight excluding hydrogens is 324 g/mol. The first-order valence-corrected chi connectivity index (χ1v) is 7.86. The molecule has 3 N–H and O–H groups in total. The minimum Gasteiger partial charge on any atom is -0.356 e. The monoisotopic (exact) mass is 346 g/mol. The number of Topliss-reactive ketones (excluding diaryl/α,β-unsaturated/α-hetero) is 1. The predicted octanol–water partition coefficient (Wildman–Crippen LogP) is 3.20. The van der Waals surface area contributed by atoms with Crippen LogP contribution >= 0.6 is 12.4 Å². The van der Waals surface area contributed by atoms with Crippen molar-refractivity contribution >= 4 is 24.1 Å². The lowest BCUT2D eigenvalue weighted by Crippen LogP contribution is -2.26. The summed E-state index contributed by atoms with van der Waals surface area (Å²) in [5.74, 6) is -0.119. The Morgan fingerprint density at radius 1 is 0.875 bits per heavy atom. The van der Waals surface area contributed by atoms with E-state index in [1.165, 1.54) is 0 Å². The standard InChI is InChI=1S/C19H22N2O2.ClH/c20-13-4-14-21-19(23)12-11-18(22)17-9-7-16(8-10-17)15-5-2-1-3-6-15;/h1-3,5-10H,4,11-14,20H2,(H,21,23);1H. The van der Waals surface area contributed by atoms with Gasteiger partial charge in [0.25, 0.3) is 0 Å². The quantitative estimate of drug-likeness (QED) is 0.569. The lowest BCUT2D eigenvalue weighted by Gasteiger charge is -2.05. The number of benzene rings is 2. The topological polar surface area (TPSA) is 72.2 Å². The molecule has 0 fully saturated rings. The van der Waals surface area contributed by atoms with E-state index in [9.17, 15) is 9.59 Å². The van der Waals surface area contributed by atoms with Crippen LogP contribution in [0.4, 0.5) is 0 Å². The van der Waals surface area contributed by atoms with Crippen molar-refractivity contribution in [3.8, 4) is 11.1 Å². The summed E-state index contributed by atoms with van der Waals surface area (Å²) in [6, 6.07) is 17.5. The Kier molecular flexibility index (Phi) is 8.76. The van der Waals surface area contributed by atoms with Gasteiger partial charge in [-0.1, -0.05) is 54.6 Å². The molecule has 2 aromatic rings. The van der Waals surface area contributed by atoms with Crippen molar-refractivity contribution in [2.75, 3.05) is 13.1 Å². The zero-order valence-electron chi connectivity index (χ0n) is 13.5. The normalized spacial score (nSPS) is 9.88. The summed E-state index contributed by atoms with van der Waals surface area (Å²) in [6.45, 7) is 1.11. The molecule has 0 unspecified atom stereocenters. The van der Waals surface area contributed by atoms with Crippen LogP contribution in [0.1, 0.15) is 29.6 Å². The van der Waals surface area contributed by atoms with Gasteiger partial charge in [-0.15, -0.1) is 12.4 Å². The number of carbonyl (C=O) groups excluding carboxylic acids is 2. The Labute approximate surface area is 148 Å². The van der Waals surface area contributed by atoms with Crippen molar-refractivity contribution in [2.45, 2.75) is 19.3 Å². The summed E-state index contributed by atoms with van der Waals surface area (Å²) in [5.41, 5.74) is 8.19. The van der Waals surface area contributed by atoms with Crippen molar-refractivity contribution in [1.82, 2.24) is 5.32 Å². The van der Waals surface area contributed by atoms with Crippen LogP contribution in [-0.4, -0.2) is 24.8 Å². The molecule has 0 aliphatic carbocycles. The number of carbonyl (C=O) groups is 2. The van der Waals surface area contributed by atoms with E-state index >= 15 is 0 Å². The van der Waals surface area contributed by atoms with Gasteiger partial charge in [-0.2, -0.15) is 0 Å². The molecule has 128 valence electrons. The number of nitrogens with two attached hydrogens (primary N) is 1. The number of hydrogen-bond donors (Lipinski definition) is 2. The van der Waals surface area contributed by atoms with Crippen LogP contribution in [0.2, 0.25) is 0 Å². The first kappa shape index (κ1) is 19.9. The minimum absolute atomic E-state index is 0. The maximum absolute atomic E-state index is 12.1. The van der Waals surface area contributed by atoms with Crippen LogP contribution in [0.25, 0.3) is 11.1 Å². The van der Waals surface area contributed by atoms with Crippen molar-refractivity contribution in [3.05, 3.63) is 60.2 Å². The first-order valence-electron chi connectivity index (χ1n) is 7.86. The fourth-order valence-corrected chi connectivity index (χ4v) is 2.27. The molecule has 0 atom stereocenters. The molecule has 2 aromatic carbocycles. The van der Waals surface area contributed by atoms with Gasteiger partial charge in [-0.05, 0) is 24.1 Å². The second-order valence-electron chi connectivity index (χ2n) is 5.36. The average molecular weight is 347 g/mol. The van der Waals surface area contributed by atoms with Gasteiger partial charge in [0.05, 0.1) is 0 Å². The molecule has 5 heteroatoms. The van der Waals surface area contributed by atoms with E-state index < -0.39 is 0 Å². The maximum Gasteiger partial charge on any atom is 0.220 e. The van der Waals surface area contributed by atoms with Crippen LogP contribution in [-0.2, 0) is 4.79 Å². The van der Waals surface area contributed by atoms with Crippen LogP contribution in [0, 0.1) is 0 Å². The fraction of sp³-hybridized carbons (Fsp3) is 0.263. The number of halogens is 1. The lowest BCUT2D eigenvalue weighted by atomic mass is 10.0. The Hall–Kier alpha value is -2.17. The van der Waals surface area contributed by atoms with E-state index in [-0.39, 0.29) is 36.9 Å². The van der Waals surface area contributed by atoms with Crippen LogP contribution < -0.4 is 11.1 Å². The van der Waals surface area contributed by atoms with Gasteiger partial charge in [0, 0.05) is 24.9 Å². The molecule has 0 bridgehead atoms. The van der Waals surface area contributed by atoms with Gasteiger partial charge in [0.15, 0.2) is 5.78 Å². The number of ketones is 1. The van der Waals surface area contributed by atoms with Crippen molar-refractivity contribution in [2.24, 2.45) is 5.73 Å². The first-order chi connectivity index (χ1) is 11.2. The Morgan fingerprint density at radius 2 is 1.50 bits per heavy atom. The molecule has 0 aliphatic heterocycles. The third-order valence-corrected chi connectivity index (χ3v) is 3.60. The van der Waals surface area contributed by atoms with Gasteiger partial charge in [-0.25, -0.2) is 0 Å². The molecule has 24 heavy (non-hydrogen) atoms. The Balaban J connectivity index is 0.00000288. The smallest absolute Gasteiger partial charge is 0.220 e. The SMILES string of the molecule is Cl.NCCCNC(=O)CCC(=O)c1ccc(-c2ccccc2)cc1. The Bertz CT molecular complexity index is 642. The minimum atomic E-state index is -0.104. The molecule has 0 saturated heterocycles. The molecule has 2 rings (SSSR count). The molecule has 0 aliphatic rings. The summed E-state index contributed by atoms with van der Waals surface area (Å²) in [4.78, 5) is 23.7. The zero-order valence-corrected chi connectivity index (χ0v) is 14.4. The van der Waals surface area contributed by atoms with Gasteiger partial charge in [0.1, 0.15) is 0 Å². The van der Waals surface area contributed by atoms with Gasteiger partial charge >= 0.3 is 0 Å². The van der Waals surface area contributed by atoms with Crippen LogP contribution in [0.5, 0.6) is 0 Å². The second-order valence-corrected chi connectivity index (χ2v) is 5.36. The Morgan fingerprint density at radius 3 is 2.12 bits per heavy atom. The van der Waals surface area contributed by atoms with E-state index in [2.05, 4.69) is 5.32 Å². The summed E-state index contributed by atoms with van der Waals surface area (Å²) in [5, 5.41) is 2.75. The molecule has 0 aromatic heterocycles. The molecule has 4 nitrogen and oxygen atoms in total. The number of nitrogens with one attached hydrogen (secondary N) is 1. The van der Waals surface area contributed by atoms with Crippen molar-refractivity contribution < 1.29 is 9.59 Å². The summed E-state index contributed by atoms with van der Waals surface area (Å²) in [6.07, 6.45) is 1.18. The average Bonchev–Trinajstić information content (AvgIpc) is 2.61. The highest BCUT2D eigenvalue weighted by Gasteiger charge is 2.09. The van der Waals surface area contributed by atoms with E-state index in [0.29, 0.717) is 18.7 Å². The summed E-state index contributed by atoms with van der Waals surface area (Å²) >= 11 is 0. The highest BCUT2D eigenvalue weighted by atomic mass is 35.5. The number of rotatable bonds is 8. The zero-order chi connectivity index (χ0) is 16.5. The summed E-state index contributed by atoms with van der Waals surface area (Å²) < 4.78 is 0. The fourth-order valence-electron chi connectivity index (χ4n) is 2.27. The van der Waals surface area contributed by atoms with E-state index in [0.717, 1.165) is 17.5 Å². The van der Waals surface area contributed by atoms with Crippen molar-refractivity contribution in [1.29, 1.82) is 0 Å². The van der Waals surface area contributed by atoms with Crippen molar-refractivity contribution in [3.63, 3.8) is 0 Å². The summed E-state index contributed by atoms with van der Waals surface area (Å²) in [7, 11) is 0. The third kappa shape index (κ3) is 6.14. The molecule has 0 spiro atoms. The number of hydrogen-bond acceptors (Lipinski definition) is 3. The molecule has 0 heterocycles. The van der Waals surface area contributed by atoms with E-state index in [4.69, 9.17) is 5.73 Å².